The Kier molecular flexibility index (Phi) is 3.39. The summed E-state index contributed by atoms with van der Waals surface area (Å²) in [6.07, 6.45) is 3.08. The zero-order valence-corrected chi connectivity index (χ0v) is 9.66. The minimum Gasteiger partial charge on any atom is -0.351 e. The fourth-order valence-corrected chi connectivity index (χ4v) is 0.957. The van der Waals surface area contributed by atoms with Gasteiger partial charge in [0.05, 0.1) is 5.56 Å². The summed E-state index contributed by atoms with van der Waals surface area (Å²) in [5.74, 6) is 0.548. The Labute approximate surface area is 90.1 Å². The molecular formula is C11H17N3O. The summed E-state index contributed by atoms with van der Waals surface area (Å²) in [5.41, 5.74) is 0.589. The van der Waals surface area contributed by atoms with E-state index < -0.39 is 0 Å². The Morgan fingerprint density at radius 2 is 1.87 bits per heavy atom. The lowest BCUT2D eigenvalue weighted by Gasteiger charge is -2.18. The van der Waals surface area contributed by atoms with E-state index in [1.165, 1.54) is 0 Å². The van der Waals surface area contributed by atoms with Crippen LogP contribution in [0.4, 0.5) is 0 Å². The van der Waals surface area contributed by atoms with Gasteiger partial charge in [-0.15, -0.1) is 0 Å². The van der Waals surface area contributed by atoms with Crippen molar-refractivity contribution >= 4 is 5.91 Å². The monoisotopic (exact) mass is 207 g/mol. The van der Waals surface area contributed by atoms with Crippen molar-refractivity contribution in [3.63, 3.8) is 0 Å². The van der Waals surface area contributed by atoms with Gasteiger partial charge in [0.2, 0.25) is 0 Å². The third kappa shape index (κ3) is 4.06. The van der Waals surface area contributed by atoms with Crippen molar-refractivity contribution < 1.29 is 4.79 Å². The Morgan fingerprint density at radius 3 is 2.33 bits per heavy atom. The normalized spacial score (nSPS) is 11.2. The van der Waals surface area contributed by atoms with Gasteiger partial charge in [-0.3, -0.25) is 4.79 Å². The molecule has 0 aliphatic heterocycles. The summed E-state index contributed by atoms with van der Waals surface area (Å²) >= 11 is 0. The van der Waals surface area contributed by atoms with E-state index in [2.05, 4.69) is 36.1 Å². The molecular weight excluding hydrogens is 190 g/mol. The average molecular weight is 207 g/mol. The number of nitrogens with one attached hydrogen (secondary N) is 1. The molecule has 1 aromatic heterocycles. The molecule has 0 aliphatic rings. The zero-order chi connectivity index (χ0) is 11.5. The molecule has 0 unspecified atom stereocenters. The molecule has 1 amide bonds. The molecule has 0 aromatic carbocycles. The van der Waals surface area contributed by atoms with Gasteiger partial charge in [-0.1, -0.05) is 20.8 Å². The minimum absolute atomic E-state index is 0.0845. The maximum Gasteiger partial charge on any atom is 0.254 e. The van der Waals surface area contributed by atoms with Crippen LogP contribution >= 0.6 is 0 Å². The first kappa shape index (κ1) is 11.6. The number of hydrogen-bond acceptors (Lipinski definition) is 3. The van der Waals surface area contributed by atoms with E-state index in [-0.39, 0.29) is 11.3 Å². The number of nitrogens with zero attached hydrogens (tertiary/aromatic N) is 2. The van der Waals surface area contributed by atoms with Gasteiger partial charge >= 0.3 is 0 Å². The molecule has 1 aromatic rings. The lowest BCUT2D eigenvalue weighted by molar-refractivity contribution is 0.0938. The second-order valence-corrected chi connectivity index (χ2v) is 4.76. The highest BCUT2D eigenvalue weighted by atomic mass is 16.1. The fourth-order valence-electron chi connectivity index (χ4n) is 0.957. The Hall–Kier alpha value is -1.45. The van der Waals surface area contributed by atoms with Crippen LogP contribution in [0.25, 0.3) is 0 Å². The fraction of sp³-hybridized carbons (Fsp3) is 0.545. The second-order valence-electron chi connectivity index (χ2n) is 4.76. The van der Waals surface area contributed by atoms with Crippen LogP contribution in [-0.2, 0) is 0 Å². The molecule has 0 saturated carbocycles. The highest BCUT2D eigenvalue weighted by Gasteiger charge is 2.13. The quantitative estimate of drug-likeness (QED) is 0.800. The number of hydrogen-bond donors (Lipinski definition) is 1. The number of carbonyl (C=O) groups excluding carboxylic acids is 1. The molecule has 82 valence electrons. The number of carbonyl (C=O) groups is 1. The summed E-state index contributed by atoms with van der Waals surface area (Å²) < 4.78 is 0. The molecule has 0 aliphatic carbocycles. The lowest BCUT2D eigenvalue weighted by Crippen LogP contribution is -2.32. The third-order valence-corrected chi connectivity index (χ3v) is 1.82. The summed E-state index contributed by atoms with van der Waals surface area (Å²) in [4.78, 5) is 19.6. The first-order chi connectivity index (χ1) is 6.88. The molecule has 1 heterocycles. The predicted molar refractivity (Wildman–Crippen MR) is 58.6 cm³/mol. The predicted octanol–water partition coefficient (Wildman–Crippen LogP) is 1.56. The van der Waals surface area contributed by atoms with E-state index in [0.717, 1.165) is 0 Å². The summed E-state index contributed by atoms with van der Waals surface area (Å²) in [7, 11) is 0. The Bertz CT molecular complexity index is 338. The standard InChI is InChI=1S/C11H17N3O/c1-8-12-5-9(6-13-8)10(15)14-7-11(2,3)4/h5-6H,7H2,1-4H3,(H,14,15). The highest BCUT2D eigenvalue weighted by molar-refractivity contribution is 5.93. The van der Waals surface area contributed by atoms with Crippen LogP contribution in [0.3, 0.4) is 0 Å². The smallest absolute Gasteiger partial charge is 0.254 e. The van der Waals surface area contributed by atoms with Crippen LogP contribution in [0.1, 0.15) is 37.0 Å². The van der Waals surface area contributed by atoms with Gasteiger partial charge in [0.25, 0.3) is 5.91 Å². The number of aryl methyl sites for hydroxylation is 1. The van der Waals surface area contributed by atoms with Crippen molar-refractivity contribution in [3.05, 3.63) is 23.8 Å². The molecule has 0 spiro atoms. The SMILES string of the molecule is Cc1ncc(C(=O)NCC(C)(C)C)cn1. The first-order valence-corrected chi connectivity index (χ1v) is 4.95. The molecule has 0 bridgehead atoms. The van der Waals surface area contributed by atoms with Crippen LogP contribution in [-0.4, -0.2) is 22.4 Å². The van der Waals surface area contributed by atoms with Crippen LogP contribution in [0.5, 0.6) is 0 Å². The van der Waals surface area contributed by atoms with Gasteiger partial charge in [-0.05, 0) is 12.3 Å². The maximum absolute atomic E-state index is 11.6. The van der Waals surface area contributed by atoms with E-state index in [1.54, 1.807) is 19.3 Å². The topological polar surface area (TPSA) is 54.9 Å². The Morgan fingerprint density at radius 1 is 1.33 bits per heavy atom. The molecule has 0 saturated heterocycles. The first-order valence-electron chi connectivity index (χ1n) is 4.95. The molecule has 4 heteroatoms. The van der Waals surface area contributed by atoms with Crippen LogP contribution in [0, 0.1) is 12.3 Å². The second kappa shape index (κ2) is 4.38. The third-order valence-electron chi connectivity index (χ3n) is 1.82. The zero-order valence-electron chi connectivity index (χ0n) is 9.66. The summed E-state index contributed by atoms with van der Waals surface area (Å²) in [5, 5.41) is 2.84. The van der Waals surface area contributed by atoms with Gasteiger partial charge in [-0.25, -0.2) is 9.97 Å². The molecule has 0 fully saturated rings. The molecule has 0 atom stereocenters. The van der Waals surface area contributed by atoms with Crippen LogP contribution < -0.4 is 5.32 Å². The van der Waals surface area contributed by atoms with Gasteiger partial charge < -0.3 is 5.32 Å². The van der Waals surface area contributed by atoms with Gasteiger partial charge in [0.1, 0.15) is 5.82 Å². The van der Waals surface area contributed by atoms with Crippen molar-refractivity contribution in [2.24, 2.45) is 5.41 Å². The highest BCUT2D eigenvalue weighted by Crippen LogP contribution is 2.10. The van der Waals surface area contributed by atoms with Crippen molar-refractivity contribution in [1.29, 1.82) is 0 Å². The largest absolute Gasteiger partial charge is 0.351 e. The van der Waals surface area contributed by atoms with Gasteiger partial charge in [0, 0.05) is 18.9 Å². The average Bonchev–Trinajstić information content (AvgIpc) is 2.14. The molecule has 0 radical (unpaired) electrons. The summed E-state index contributed by atoms with van der Waals surface area (Å²) in [6.45, 7) is 8.63. The minimum atomic E-state index is -0.120. The van der Waals surface area contributed by atoms with E-state index in [4.69, 9.17) is 0 Å². The van der Waals surface area contributed by atoms with Crippen LogP contribution in [0.2, 0.25) is 0 Å². The van der Waals surface area contributed by atoms with E-state index in [9.17, 15) is 4.79 Å². The van der Waals surface area contributed by atoms with E-state index >= 15 is 0 Å². The molecule has 15 heavy (non-hydrogen) atoms. The summed E-state index contributed by atoms with van der Waals surface area (Å²) in [6, 6.07) is 0. The van der Waals surface area contributed by atoms with E-state index in [0.29, 0.717) is 17.9 Å². The maximum atomic E-state index is 11.6. The van der Waals surface area contributed by atoms with Crippen molar-refractivity contribution in [3.8, 4) is 0 Å². The Balaban J connectivity index is 2.58. The molecule has 4 nitrogen and oxygen atoms in total. The van der Waals surface area contributed by atoms with Gasteiger partial charge in [0.15, 0.2) is 0 Å². The van der Waals surface area contributed by atoms with Crippen molar-refractivity contribution in [2.75, 3.05) is 6.54 Å². The molecule has 1 N–H and O–H groups in total. The van der Waals surface area contributed by atoms with Crippen molar-refractivity contribution in [2.45, 2.75) is 27.7 Å². The number of aromatic nitrogens is 2. The van der Waals surface area contributed by atoms with Crippen molar-refractivity contribution in [1.82, 2.24) is 15.3 Å². The van der Waals surface area contributed by atoms with Crippen LogP contribution in [0.15, 0.2) is 12.4 Å². The lowest BCUT2D eigenvalue weighted by atomic mass is 9.97. The number of amides is 1. The van der Waals surface area contributed by atoms with E-state index in [1.807, 2.05) is 0 Å². The molecule has 1 rings (SSSR count). The van der Waals surface area contributed by atoms with Gasteiger partial charge in [-0.2, -0.15) is 0 Å². The number of rotatable bonds is 2.